The number of carbonyl (C=O) groups excluding carboxylic acids is 3. The molecule has 0 aliphatic carbocycles. The lowest BCUT2D eigenvalue weighted by Gasteiger charge is -2.36. The number of hydrogen-bond donors (Lipinski definition) is 2. The van der Waals surface area contributed by atoms with Gasteiger partial charge in [0.2, 0.25) is 11.8 Å². The molecule has 0 bridgehead atoms. The van der Waals surface area contributed by atoms with E-state index in [1.807, 2.05) is 18.7 Å². The van der Waals surface area contributed by atoms with Crippen molar-refractivity contribution >= 4 is 29.3 Å². The van der Waals surface area contributed by atoms with Gasteiger partial charge in [-0.15, -0.1) is 0 Å². The van der Waals surface area contributed by atoms with Crippen LogP contribution < -0.4 is 10.6 Å². The molecule has 0 spiro atoms. The second-order valence-electron chi connectivity index (χ2n) is 8.03. The van der Waals surface area contributed by atoms with Crippen molar-refractivity contribution in [1.29, 1.82) is 0 Å². The van der Waals surface area contributed by atoms with Crippen LogP contribution in [0.1, 0.15) is 43.5 Å². The third kappa shape index (κ3) is 6.99. The summed E-state index contributed by atoms with van der Waals surface area (Å²) in [5, 5.41) is 6.02. The summed E-state index contributed by atoms with van der Waals surface area (Å²) in [6, 6.07) is 6.05. The van der Waals surface area contributed by atoms with Gasteiger partial charge in [-0.25, -0.2) is 0 Å². The molecule has 3 amide bonds. The minimum absolute atomic E-state index is 0.0675. The minimum atomic E-state index is -0.701. The quantitative estimate of drug-likeness (QED) is 0.581. The van der Waals surface area contributed by atoms with Gasteiger partial charge in [0.15, 0.2) is 0 Å². The molecule has 1 atom stereocenters. The Morgan fingerprint density at radius 2 is 1.87 bits per heavy atom. The van der Waals surface area contributed by atoms with Crippen molar-refractivity contribution in [2.75, 3.05) is 33.4 Å². The molecule has 30 heavy (non-hydrogen) atoms. The fourth-order valence-electron chi connectivity index (χ4n) is 3.61. The summed E-state index contributed by atoms with van der Waals surface area (Å²) in [7, 11) is 1.56. The number of nitrogens with one attached hydrogen (secondary N) is 2. The molecule has 0 aromatic heterocycles. The zero-order valence-corrected chi connectivity index (χ0v) is 18.7. The van der Waals surface area contributed by atoms with E-state index in [1.165, 1.54) is 0 Å². The van der Waals surface area contributed by atoms with Crippen molar-refractivity contribution in [3.8, 4) is 0 Å². The van der Waals surface area contributed by atoms with Gasteiger partial charge in [-0.05, 0) is 36.8 Å². The van der Waals surface area contributed by atoms with E-state index in [0.29, 0.717) is 62.0 Å². The van der Waals surface area contributed by atoms with Gasteiger partial charge in [0.05, 0.1) is 17.2 Å². The van der Waals surface area contributed by atoms with Crippen molar-refractivity contribution in [3.05, 3.63) is 34.9 Å². The van der Waals surface area contributed by atoms with Gasteiger partial charge < -0.3 is 20.3 Å². The molecule has 1 aliphatic rings. The normalized spacial score (nSPS) is 15.7. The summed E-state index contributed by atoms with van der Waals surface area (Å²) in [5.74, 6) is -0.249. The second kappa shape index (κ2) is 11.9. The van der Waals surface area contributed by atoms with Crippen molar-refractivity contribution in [3.63, 3.8) is 0 Å². The Morgan fingerprint density at radius 3 is 2.47 bits per heavy atom. The van der Waals surface area contributed by atoms with Crippen LogP contribution in [0.2, 0.25) is 5.02 Å². The number of amides is 3. The average molecular weight is 438 g/mol. The average Bonchev–Trinajstić information content (AvgIpc) is 2.72. The number of ether oxygens (including phenoxy) is 1. The van der Waals surface area contributed by atoms with Gasteiger partial charge in [-0.2, -0.15) is 0 Å². The van der Waals surface area contributed by atoms with E-state index in [2.05, 4.69) is 10.6 Å². The van der Waals surface area contributed by atoms with E-state index in [-0.39, 0.29) is 23.6 Å². The minimum Gasteiger partial charge on any atom is -0.383 e. The number of nitrogens with zero attached hydrogens (tertiary/aromatic N) is 1. The van der Waals surface area contributed by atoms with Crippen LogP contribution in [0.4, 0.5) is 0 Å². The number of methoxy groups -OCH3 is 1. The molecule has 0 unspecified atom stereocenters. The maximum Gasteiger partial charge on any atom is 0.253 e. The molecule has 0 radical (unpaired) electrons. The first-order chi connectivity index (χ1) is 14.3. The van der Waals surface area contributed by atoms with E-state index in [4.69, 9.17) is 16.3 Å². The maximum atomic E-state index is 12.8. The smallest absolute Gasteiger partial charge is 0.253 e. The standard InChI is InChI=1S/C22H32ClN3O4/c1-15(2)14-19(27)26-11-8-16(9-12-26)20(22(29)24-10-13-30-3)25-21(28)17-6-4-5-7-18(17)23/h4-7,15-16,20H,8-14H2,1-3H3,(H,24,29)(H,25,28)/t20-/m0/s1. The van der Waals surface area contributed by atoms with E-state index in [9.17, 15) is 14.4 Å². The number of piperidine rings is 1. The summed E-state index contributed by atoms with van der Waals surface area (Å²) in [6.45, 7) is 5.96. The Morgan fingerprint density at radius 1 is 1.20 bits per heavy atom. The molecule has 2 rings (SSSR count). The monoisotopic (exact) mass is 437 g/mol. The number of benzene rings is 1. The highest BCUT2D eigenvalue weighted by molar-refractivity contribution is 6.33. The molecule has 2 N–H and O–H groups in total. The third-order valence-electron chi connectivity index (χ3n) is 5.24. The summed E-state index contributed by atoms with van der Waals surface area (Å²) in [4.78, 5) is 39.8. The van der Waals surface area contributed by atoms with Crippen LogP contribution in [0.5, 0.6) is 0 Å². The SMILES string of the molecule is COCCNC(=O)[C@@H](NC(=O)c1ccccc1Cl)C1CCN(C(=O)CC(C)C)CC1. The van der Waals surface area contributed by atoms with E-state index < -0.39 is 6.04 Å². The van der Waals surface area contributed by atoms with E-state index in [0.717, 1.165) is 0 Å². The topological polar surface area (TPSA) is 87.7 Å². The number of hydrogen-bond acceptors (Lipinski definition) is 4. The lowest BCUT2D eigenvalue weighted by Crippen LogP contribution is -2.54. The highest BCUT2D eigenvalue weighted by atomic mass is 35.5. The van der Waals surface area contributed by atoms with Crippen molar-refractivity contribution < 1.29 is 19.1 Å². The number of carbonyl (C=O) groups is 3. The Bertz CT molecular complexity index is 733. The van der Waals surface area contributed by atoms with Crippen molar-refractivity contribution in [2.24, 2.45) is 11.8 Å². The molecule has 1 fully saturated rings. The van der Waals surface area contributed by atoms with Crippen LogP contribution in [-0.2, 0) is 14.3 Å². The largest absolute Gasteiger partial charge is 0.383 e. The van der Waals surface area contributed by atoms with Crippen LogP contribution in [0, 0.1) is 11.8 Å². The van der Waals surface area contributed by atoms with Crippen molar-refractivity contribution in [1.82, 2.24) is 15.5 Å². The number of halogens is 1. The Hall–Kier alpha value is -2.12. The summed E-state index contributed by atoms with van der Waals surface area (Å²) in [5.41, 5.74) is 0.332. The van der Waals surface area contributed by atoms with Crippen LogP contribution >= 0.6 is 11.6 Å². The first-order valence-corrected chi connectivity index (χ1v) is 10.8. The zero-order chi connectivity index (χ0) is 22.1. The lowest BCUT2D eigenvalue weighted by atomic mass is 9.88. The molecule has 8 heteroatoms. The molecule has 7 nitrogen and oxygen atoms in total. The predicted octanol–water partition coefficient (Wildman–Crippen LogP) is 2.49. The highest BCUT2D eigenvalue weighted by Crippen LogP contribution is 2.23. The second-order valence-corrected chi connectivity index (χ2v) is 8.44. The fraction of sp³-hybridized carbons (Fsp3) is 0.591. The van der Waals surface area contributed by atoms with Gasteiger partial charge in [0.1, 0.15) is 6.04 Å². The first kappa shape index (κ1) is 24.2. The van der Waals surface area contributed by atoms with Gasteiger partial charge in [0.25, 0.3) is 5.91 Å². The third-order valence-corrected chi connectivity index (χ3v) is 5.57. The van der Waals surface area contributed by atoms with Crippen LogP contribution in [0.3, 0.4) is 0 Å². The van der Waals surface area contributed by atoms with Gasteiger partial charge in [-0.1, -0.05) is 37.6 Å². The Kier molecular flexibility index (Phi) is 9.59. The summed E-state index contributed by atoms with van der Waals surface area (Å²) < 4.78 is 4.99. The Balaban J connectivity index is 2.07. The van der Waals surface area contributed by atoms with E-state index >= 15 is 0 Å². The summed E-state index contributed by atoms with van der Waals surface area (Å²) >= 11 is 6.14. The van der Waals surface area contributed by atoms with Gasteiger partial charge in [0, 0.05) is 33.2 Å². The summed E-state index contributed by atoms with van der Waals surface area (Å²) in [6.07, 6.45) is 1.82. The molecule has 1 aromatic rings. The molecular weight excluding hydrogens is 406 g/mol. The van der Waals surface area contributed by atoms with Crippen LogP contribution in [-0.4, -0.2) is 62.0 Å². The molecule has 0 saturated carbocycles. The molecule has 1 heterocycles. The molecule has 1 aromatic carbocycles. The number of rotatable bonds is 9. The highest BCUT2D eigenvalue weighted by Gasteiger charge is 2.34. The van der Waals surface area contributed by atoms with E-state index in [1.54, 1.807) is 31.4 Å². The lowest BCUT2D eigenvalue weighted by molar-refractivity contribution is -0.133. The van der Waals surface area contributed by atoms with Crippen molar-refractivity contribution in [2.45, 2.75) is 39.2 Å². The Labute approximate surface area is 183 Å². The van der Waals surface area contributed by atoms with Crippen LogP contribution in [0.15, 0.2) is 24.3 Å². The van der Waals surface area contributed by atoms with Crippen LogP contribution in [0.25, 0.3) is 0 Å². The molecule has 1 saturated heterocycles. The van der Waals surface area contributed by atoms with Gasteiger partial charge >= 0.3 is 0 Å². The molecule has 166 valence electrons. The zero-order valence-electron chi connectivity index (χ0n) is 17.9. The number of likely N-dealkylation sites (tertiary alicyclic amines) is 1. The molecular formula is C22H32ClN3O4. The molecule has 1 aliphatic heterocycles. The van der Waals surface area contributed by atoms with Gasteiger partial charge in [-0.3, -0.25) is 14.4 Å². The predicted molar refractivity (Wildman–Crippen MR) is 116 cm³/mol. The first-order valence-electron chi connectivity index (χ1n) is 10.4. The maximum absolute atomic E-state index is 12.8. The fourth-order valence-corrected chi connectivity index (χ4v) is 3.83.